The second-order valence-electron chi connectivity index (χ2n) is 3.87. The predicted molar refractivity (Wildman–Crippen MR) is 63.9 cm³/mol. The molecule has 0 amide bonds. The van der Waals surface area contributed by atoms with Crippen molar-refractivity contribution in [3.63, 3.8) is 0 Å². The highest BCUT2D eigenvalue weighted by Crippen LogP contribution is 2.28. The number of halogens is 1. The van der Waals surface area contributed by atoms with Crippen molar-refractivity contribution in [3.8, 4) is 0 Å². The molecule has 0 saturated heterocycles. The fourth-order valence-corrected chi connectivity index (χ4v) is 2.05. The summed E-state index contributed by atoms with van der Waals surface area (Å²) in [5, 5.41) is 0. The van der Waals surface area contributed by atoms with Gasteiger partial charge in [0.05, 0.1) is 19.9 Å². The second kappa shape index (κ2) is 5.12. The van der Waals surface area contributed by atoms with E-state index in [9.17, 15) is 4.39 Å². The number of alkyl halides is 1. The van der Waals surface area contributed by atoms with Gasteiger partial charge >= 0.3 is 0 Å². The summed E-state index contributed by atoms with van der Waals surface area (Å²) in [7, 11) is 0. The predicted octanol–water partition coefficient (Wildman–Crippen LogP) is 2.58. The van der Waals surface area contributed by atoms with Crippen LogP contribution in [0.15, 0.2) is 24.3 Å². The van der Waals surface area contributed by atoms with Crippen LogP contribution in [0.2, 0.25) is 0 Å². The number of hydrogen-bond acceptors (Lipinski definition) is 2. The first-order valence-electron chi connectivity index (χ1n) is 5.53. The van der Waals surface area contributed by atoms with Gasteiger partial charge in [-0.15, -0.1) is 0 Å². The second-order valence-corrected chi connectivity index (χ2v) is 3.87. The summed E-state index contributed by atoms with van der Waals surface area (Å²) in [5.41, 5.74) is 9.81. The van der Waals surface area contributed by atoms with Crippen LogP contribution < -0.4 is 5.73 Å². The molecule has 2 nitrogen and oxygen atoms in total. The third kappa shape index (κ3) is 2.25. The van der Waals surface area contributed by atoms with Gasteiger partial charge in [-0.1, -0.05) is 18.2 Å². The molecule has 0 fully saturated rings. The molecule has 1 aromatic rings. The molecule has 2 N–H and O–H groups in total. The molecule has 0 spiro atoms. The van der Waals surface area contributed by atoms with Crippen LogP contribution in [0, 0.1) is 0 Å². The normalized spacial score (nSPS) is 15.9. The summed E-state index contributed by atoms with van der Waals surface area (Å²) < 4.78 is 17.8. The van der Waals surface area contributed by atoms with E-state index in [1.807, 2.05) is 18.2 Å². The van der Waals surface area contributed by atoms with Crippen LogP contribution in [0.1, 0.15) is 17.5 Å². The van der Waals surface area contributed by atoms with E-state index in [2.05, 4.69) is 6.08 Å². The van der Waals surface area contributed by atoms with Crippen LogP contribution in [0.25, 0.3) is 5.57 Å². The lowest BCUT2D eigenvalue weighted by atomic mass is 9.94. The standard InChI is InChI=1S/C13H16FNO/c14-7-4-12-11(2-1-3-13(12)15)10-5-8-16-9-6-10/h1-3,5H,4,6-9,15H2. The largest absolute Gasteiger partial charge is 0.398 e. The van der Waals surface area contributed by atoms with E-state index in [1.54, 1.807) is 0 Å². The van der Waals surface area contributed by atoms with E-state index < -0.39 is 0 Å². The molecule has 0 radical (unpaired) electrons. The van der Waals surface area contributed by atoms with E-state index in [1.165, 1.54) is 5.57 Å². The van der Waals surface area contributed by atoms with Crippen molar-refractivity contribution in [1.82, 2.24) is 0 Å². The Morgan fingerprint density at radius 2 is 2.25 bits per heavy atom. The molecule has 0 aromatic heterocycles. The lowest BCUT2D eigenvalue weighted by Gasteiger charge is -2.17. The Hall–Kier alpha value is -1.35. The Balaban J connectivity index is 2.38. The van der Waals surface area contributed by atoms with Gasteiger partial charge in [-0.3, -0.25) is 4.39 Å². The molecule has 86 valence electrons. The van der Waals surface area contributed by atoms with Gasteiger partial charge < -0.3 is 10.5 Å². The molecule has 1 heterocycles. The Morgan fingerprint density at radius 3 is 2.94 bits per heavy atom. The molecular formula is C13H16FNO. The minimum absolute atomic E-state index is 0.370. The van der Waals surface area contributed by atoms with Crippen molar-refractivity contribution < 1.29 is 9.13 Å². The Bertz CT molecular complexity index is 401. The van der Waals surface area contributed by atoms with Gasteiger partial charge in [-0.2, -0.15) is 0 Å². The summed E-state index contributed by atoms with van der Waals surface area (Å²) in [5.74, 6) is 0. The van der Waals surface area contributed by atoms with E-state index in [4.69, 9.17) is 10.5 Å². The van der Waals surface area contributed by atoms with Gasteiger partial charge in [-0.05, 0) is 29.2 Å². The van der Waals surface area contributed by atoms with Gasteiger partial charge in [0.15, 0.2) is 0 Å². The van der Waals surface area contributed by atoms with E-state index >= 15 is 0 Å². The first kappa shape index (κ1) is 11.1. The molecule has 0 unspecified atom stereocenters. The number of ether oxygens (including phenoxy) is 1. The molecule has 16 heavy (non-hydrogen) atoms. The summed E-state index contributed by atoms with van der Waals surface area (Å²) in [6.45, 7) is 1.000. The number of hydrogen-bond donors (Lipinski definition) is 1. The first-order valence-corrected chi connectivity index (χ1v) is 5.53. The Labute approximate surface area is 94.9 Å². The summed E-state index contributed by atoms with van der Waals surface area (Å²) in [4.78, 5) is 0. The van der Waals surface area contributed by atoms with E-state index in [0.717, 1.165) is 24.2 Å². The Morgan fingerprint density at radius 1 is 1.38 bits per heavy atom. The molecule has 1 aliphatic heterocycles. The zero-order valence-corrected chi connectivity index (χ0v) is 9.21. The highest BCUT2D eigenvalue weighted by molar-refractivity contribution is 5.73. The average Bonchev–Trinajstić information content (AvgIpc) is 2.33. The van der Waals surface area contributed by atoms with Crippen LogP contribution in [0.3, 0.4) is 0 Å². The summed E-state index contributed by atoms with van der Waals surface area (Å²) >= 11 is 0. The molecule has 1 aliphatic rings. The average molecular weight is 221 g/mol. The van der Waals surface area contributed by atoms with Crippen molar-refractivity contribution in [2.45, 2.75) is 12.8 Å². The fourth-order valence-electron chi connectivity index (χ4n) is 2.05. The van der Waals surface area contributed by atoms with Crippen molar-refractivity contribution in [2.24, 2.45) is 0 Å². The molecule has 2 rings (SSSR count). The van der Waals surface area contributed by atoms with Crippen molar-refractivity contribution in [2.75, 3.05) is 25.6 Å². The smallest absolute Gasteiger partial charge is 0.0935 e. The molecule has 0 aliphatic carbocycles. The quantitative estimate of drug-likeness (QED) is 0.796. The fraction of sp³-hybridized carbons (Fsp3) is 0.385. The van der Waals surface area contributed by atoms with E-state index in [0.29, 0.717) is 18.7 Å². The third-order valence-electron chi connectivity index (χ3n) is 2.87. The monoisotopic (exact) mass is 221 g/mol. The van der Waals surface area contributed by atoms with Crippen molar-refractivity contribution in [3.05, 3.63) is 35.4 Å². The molecule has 0 bridgehead atoms. The number of nitrogen functional groups attached to an aromatic ring is 1. The van der Waals surface area contributed by atoms with Crippen molar-refractivity contribution in [1.29, 1.82) is 0 Å². The highest BCUT2D eigenvalue weighted by Gasteiger charge is 2.12. The molecule has 0 saturated carbocycles. The van der Waals surface area contributed by atoms with Crippen LogP contribution in [-0.4, -0.2) is 19.9 Å². The number of rotatable bonds is 3. The SMILES string of the molecule is Nc1cccc(C2=CCOCC2)c1CCF. The molecular weight excluding hydrogens is 205 g/mol. The van der Waals surface area contributed by atoms with Crippen LogP contribution in [0.5, 0.6) is 0 Å². The molecule has 3 heteroatoms. The van der Waals surface area contributed by atoms with Crippen LogP contribution in [0.4, 0.5) is 10.1 Å². The number of nitrogens with two attached hydrogens (primary N) is 1. The minimum Gasteiger partial charge on any atom is -0.398 e. The van der Waals surface area contributed by atoms with E-state index in [-0.39, 0.29) is 6.67 Å². The zero-order chi connectivity index (χ0) is 11.4. The Kier molecular flexibility index (Phi) is 3.57. The van der Waals surface area contributed by atoms with Gasteiger partial charge in [0, 0.05) is 12.1 Å². The zero-order valence-electron chi connectivity index (χ0n) is 9.21. The maximum atomic E-state index is 12.5. The number of benzene rings is 1. The van der Waals surface area contributed by atoms with Crippen LogP contribution >= 0.6 is 0 Å². The first-order chi connectivity index (χ1) is 7.83. The maximum absolute atomic E-state index is 12.5. The van der Waals surface area contributed by atoms with Crippen LogP contribution in [-0.2, 0) is 11.2 Å². The van der Waals surface area contributed by atoms with Gasteiger partial charge in [0.1, 0.15) is 0 Å². The van der Waals surface area contributed by atoms with Crippen molar-refractivity contribution >= 4 is 11.3 Å². The molecule has 0 atom stereocenters. The third-order valence-corrected chi connectivity index (χ3v) is 2.87. The van der Waals surface area contributed by atoms with Gasteiger partial charge in [-0.25, -0.2) is 0 Å². The maximum Gasteiger partial charge on any atom is 0.0935 e. The van der Waals surface area contributed by atoms with Gasteiger partial charge in [0.2, 0.25) is 0 Å². The lowest BCUT2D eigenvalue weighted by molar-refractivity contribution is 0.161. The summed E-state index contributed by atoms with van der Waals surface area (Å²) in [6.07, 6.45) is 3.32. The topological polar surface area (TPSA) is 35.2 Å². The number of anilines is 1. The minimum atomic E-state index is -0.370. The molecule has 1 aromatic carbocycles. The highest BCUT2D eigenvalue weighted by atomic mass is 19.1. The lowest BCUT2D eigenvalue weighted by Crippen LogP contribution is -2.07. The summed E-state index contributed by atoms with van der Waals surface area (Å²) in [6, 6.07) is 5.76. The van der Waals surface area contributed by atoms with Gasteiger partial charge in [0.25, 0.3) is 0 Å².